The van der Waals surface area contributed by atoms with Gasteiger partial charge < -0.3 is 20.1 Å². The van der Waals surface area contributed by atoms with Gasteiger partial charge in [0, 0.05) is 18.3 Å². The zero-order valence-electron chi connectivity index (χ0n) is 17.5. The predicted octanol–water partition coefficient (Wildman–Crippen LogP) is 2.08. The molecule has 9 heteroatoms. The van der Waals surface area contributed by atoms with E-state index in [4.69, 9.17) is 9.47 Å². The fourth-order valence-electron chi connectivity index (χ4n) is 2.41. The van der Waals surface area contributed by atoms with Crippen LogP contribution in [-0.2, 0) is 14.4 Å². The molecule has 0 aliphatic rings. The summed E-state index contributed by atoms with van der Waals surface area (Å²) in [4.78, 5) is 35.3. The third kappa shape index (κ3) is 8.57. The van der Waals surface area contributed by atoms with Crippen LogP contribution in [0.1, 0.15) is 25.3 Å². The molecule has 0 atom stereocenters. The van der Waals surface area contributed by atoms with Crippen molar-refractivity contribution in [3.63, 3.8) is 0 Å². The summed E-state index contributed by atoms with van der Waals surface area (Å²) in [5.41, 5.74) is 3.39. The van der Waals surface area contributed by atoms with E-state index >= 15 is 0 Å². The number of anilines is 1. The summed E-state index contributed by atoms with van der Waals surface area (Å²) in [7, 11) is 1.55. The predicted molar refractivity (Wildman–Crippen MR) is 117 cm³/mol. The lowest BCUT2D eigenvalue weighted by Gasteiger charge is -2.09. The second-order valence-electron chi connectivity index (χ2n) is 6.45. The van der Waals surface area contributed by atoms with Crippen molar-refractivity contribution in [3.8, 4) is 11.5 Å². The van der Waals surface area contributed by atoms with Gasteiger partial charge >= 0.3 is 11.8 Å². The van der Waals surface area contributed by atoms with Gasteiger partial charge in [0.15, 0.2) is 6.61 Å². The largest absolute Gasteiger partial charge is 0.497 e. The molecule has 0 unspecified atom stereocenters. The number of rotatable bonds is 10. The number of ether oxygens (including phenoxy) is 2. The number of nitrogens with zero attached hydrogens (tertiary/aromatic N) is 1. The summed E-state index contributed by atoms with van der Waals surface area (Å²) in [5, 5.41) is 8.99. The van der Waals surface area contributed by atoms with Crippen LogP contribution >= 0.6 is 0 Å². The molecule has 0 heterocycles. The smallest absolute Gasteiger partial charge is 0.329 e. The number of hydrogen-bond donors (Lipinski definition) is 3. The maximum Gasteiger partial charge on any atom is 0.329 e. The number of nitrogens with one attached hydrogen (secondary N) is 3. The van der Waals surface area contributed by atoms with Crippen LogP contribution < -0.4 is 25.5 Å². The maximum absolute atomic E-state index is 12.1. The summed E-state index contributed by atoms with van der Waals surface area (Å²) in [6.07, 6.45) is 3.09. The normalized spacial score (nSPS) is 10.4. The molecule has 2 aromatic rings. The molecule has 164 valence electrons. The fraction of sp³-hybridized carbons (Fsp3) is 0.273. The van der Waals surface area contributed by atoms with E-state index in [0.717, 1.165) is 12.8 Å². The molecule has 2 rings (SSSR count). The minimum atomic E-state index is -0.839. The van der Waals surface area contributed by atoms with Crippen LogP contribution in [0.15, 0.2) is 53.6 Å². The second-order valence-corrected chi connectivity index (χ2v) is 6.45. The molecule has 0 aliphatic carbocycles. The monoisotopic (exact) mass is 426 g/mol. The Bertz CT molecular complexity index is 930. The lowest BCUT2D eigenvalue weighted by atomic mass is 10.2. The van der Waals surface area contributed by atoms with E-state index in [1.54, 1.807) is 55.6 Å². The fourth-order valence-corrected chi connectivity index (χ4v) is 2.41. The molecule has 31 heavy (non-hydrogen) atoms. The molecule has 3 N–H and O–H groups in total. The van der Waals surface area contributed by atoms with Gasteiger partial charge in [0.25, 0.3) is 5.91 Å². The molecule has 0 fully saturated rings. The van der Waals surface area contributed by atoms with Gasteiger partial charge in [-0.15, -0.1) is 0 Å². The highest BCUT2D eigenvalue weighted by molar-refractivity contribution is 6.35. The van der Waals surface area contributed by atoms with Gasteiger partial charge in [-0.2, -0.15) is 5.10 Å². The van der Waals surface area contributed by atoms with Crippen molar-refractivity contribution < 1.29 is 23.9 Å². The van der Waals surface area contributed by atoms with E-state index in [2.05, 4.69) is 21.2 Å². The van der Waals surface area contributed by atoms with Crippen LogP contribution in [0.25, 0.3) is 0 Å². The Kier molecular flexibility index (Phi) is 9.54. The highest BCUT2D eigenvalue weighted by atomic mass is 16.5. The van der Waals surface area contributed by atoms with Crippen LogP contribution in [0, 0.1) is 0 Å². The molecule has 2 aromatic carbocycles. The summed E-state index contributed by atoms with van der Waals surface area (Å²) in [6.45, 7) is 2.24. The van der Waals surface area contributed by atoms with Crippen LogP contribution in [0.3, 0.4) is 0 Å². The lowest BCUT2D eigenvalue weighted by Crippen LogP contribution is -2.38. The van der Waals surface area contributed by atoms with E-state index in [0.29, 0.717) is 29.3 Å². The molecule has 0 aromatic heterocycles. The van der Waals surface area contributed by atoms with E-state index in [1.807, 2.05) is 6.92 Å². The number of amides is 3. The molecular formula is C22H26N4O5. The number of benzene rings is 2. The molecule has 0 spiro atoms. The number of methoxy groups -OCH3 is 1. The molecule has 0 bridgehead atoms. The average Bonchev–Trinajstić information content (AvgIpc) is 2.78. The molecule has 3 amide bonds. The summed E-state index contributed by atoms with van der Waals surface area (Å²) >= 11 is 0. The zero-order valence-corrected chi connectivity index (χ0v) is 17.5. The van der Waals surface area contributed by atoms with Gasteiger partial charge in [-0.3, -0.25) is 14.4 Å². The van der Waals surface area contributed by atoms with Crippen LogP contribution in [0.4, 0.5) is 5.69 Å². The van der Waals surface area contributed by atoms with Crippen LogP contribution in [-0.4, -0.2) is 44.2 Å². The minimum absolute atomic E-state index is 0.188. The quantitative estimate of drug-likeness (QED) is 0.233. The number of hydrazone groups is 1. The van der Waals surface area contributed by atoms with E-state index in [9.17, 15) is 14.4 Å². The lowest BCUT2D eigenvalue weighted by molar-refractivity contribution is -0.139. The van der Waals surface area contributed by atoms with Crippen LogP contribution in [0.5, 0.6) is 11.5 Å². The van der Waals surface area contributed by atoms with Crippen molar-refractivity contribution in [1.29, 1.82) is 0 Å². The van der Waals surface area contributed by atoms with Crippen molar-refractivity contribution in [2.24, 2.45) is 5.10 Å². The summed E-state index contributed by atoms with van der Waals surface area (Å²) < 4.78 is 10.6. The second kappa shape index (κ2) is 12.6. The molecule has 0 radical (unpaired) electrons. The van der Waals surface area contributed by atoms with Gasteiger partial charge in [0.2, 0.25) is 0 Å². The first-order valence-corrected chi connectivity index (χ1v) is 9.79. The average molecular weight is 426 g/mol. The Hall–Kier alpha value is -3.88. The SMILES string of the molecule is CCCCNC(=O)C(=O)N/N=C\c1cccc(OCC(=O)Nc2cccc(OC)c2)c1. The number of carbonyl (C=O) groups excluding carboxylic acids is 3. The Morgan fingerprint density at radius 2 is 1.81 bits per heavy atom. The number of hydrogen-bond acceptors (Lipinski definition) is 6. The minimum Gasteiger partial charge on any atom is -0.497 e. The third-order valence-corrected chi connectivity index (χ3v) is 3.98. The first-order chi connectivity index (χ1) is 15.0. The number of carbonyl (C=O) groups is 3. The van der Waals surface area contributed by atoms with Gasteiger partial charge in [0.05, 0.1) is 13.3 Å². The van der Waals surface area contributed by atoms with E-state index < -0.39 is 11.8 Å². The summed E-state index contributed by atoms with van der Waals surface area (Å²) in [5.74, 6) is -0.808. The zero-order chi connectivity index (χ0) is 22.5. The van der Waals surface area contributed by atoms with Gasteiger partial charge in [0.1, 0.15) is 11.5 Å². The molecule has 0 aliphatic heterocycles. The highest BCUT2D eigenvalue weighted by Crippen LogP contribution is 2.17. The summed E-state index contributed by atoms with van der Waals surface area (Å²) in [6, 6.07) is 13.8. The van der Waals surface area contributed by atoms with Crippen molar-refractivity contribution in [3.05, 3.63) is 54.1 Å². The van der Waals surface area contributed by atoms with Gasteiger partial charge in [-0.1, -0.05) is 31.5 Å². The topological polar surface area (TPSA) is 118 Å². The third-order valence-electron chi connectivity index (χ3n) is 3.98. The van der Waals surface area contributed by atoms with Gasteiger partial charge in [-0.25, -0.2) is 5.43 Å². The Morgan fingerprint density at radius 3 is 2.58 bits per heavy atom. The number of unbranched alkanes of at least 4 members (excludes halogenated alkanes) is 1. The van der Waals surface area contributed by atoms with Crippen LogP contribution in [0.2, 0.25) is 0 Å². The molecule has 0 saturated carbocycles. The first kappa shape index (κ1) is 23.4. The van der Waals surface area contributed by atoms with Crippen molar-refractivity contribution in [1.82, 2.24) is 10.7 Å². The Balaban J connectivity index is 1.81. The molecule has 0 saturated heterocycles. The Labute approximate surface area is 180 Å². The van der Waals surface area contributed by atoms with Gasteiger partial charge in [-0.05, 0) is 36.2 Å². The van der Waals surface area contributed by atoms with Crippen molar-refractivity contribution >= 4 is 29.6 Å². The van der Waals surface area contributed by atoms with Crippen molar-refractivity contribution in [2.45, 2.75) is 19.8 Å². The standard InChI is InChI=1S/C22H26N4O5/c1-3-4-11-23-21(28)22(29)26-24-14-16-7-5-10-19(12-16)31-15-20(27)25-17-8-6-9-18(13-17)30-2/h5-10,12-14H,3-4,11,15H2,1-2H3,(H,23,28)(H,25,27)(H,26,29)/b24-14-. The molecule has 9 nitrogen and oxygen atoms in total. The highest BCUT2D eigenvalue weighted by Gasteiger charge is 2.11. The Morgan fingerprint density at radius 1 is 1.03 bits per heavy atom. The van der Waals surface area contributed by atoms with E-state index in [-0.39, 0.29) is 12.5 Å². The van der Waals surface area contributed by atoms with Crippen molar-refractivity contribution in [2.75, 3.05) is 25.6 Å². The molecular weight excluding hydrogens is 400 g/mol. The first-order valence-electron chi connectivity index (χ1n) is 9.79. The maximum atomic E-state index is 12.1. The van der Waals surface area contributed by atoms with E-state index in [1.165, 1.54) is 6.21 Å².